The van der Waals surface area contributed by atoms with E-state index in [9.17, 15) is 18.3 Å². The zero-order chi connectivity index (χ0) is 16.9. The summed E-state index contributed by atoms with van der Waals surface area (Å²) in [5, 5.41) is 9.59. The molecule has 1 unspecified atom stereocenters. The van der Waals surface area contributed by atoms with E-state index in [1.54, 1.807) is 11.5 Å². The number of fused-ring (bicyclic) bond motifs is 1. The van der Waals surface area contributed by atoms with Crippen LogP contribution in [0, 0.1) is 0 Å². The van der Waals surface area contributed by atoms with E-state index in [2.05, 4.69) is 9.71 Å². The van der Waals surface area contributed by atoms with E-state index in [-0.39, 0.29) is 6.54 Å². The number of imidazole rings is 1. The van der Waals surface area contributed by atoms with Gasteiger partial charge in [0, 0.05) is 0 Å². The average molecular weight is 337 g/mol. The molecular weight excluding hydrogens is 318 g/mol. The summed E-state index contributed by atoms with van der Waals surface area (Å²) < 4.78 is 28.0. The maximum Gasteiger partial charge on any atom is 0.326 e. The van der Waals surface area contributed by atoms with Crippen molar-refractivity contribution in [3.63, 3.8) is 0 Å². The van der Waals surface area contributed by atoms with Crippen molar-refractivity contribution < 1.29 is 18.3 Å². The molecule has 8 heteroatoms. The van der Waals surface area contributed by atoms with Crippen LogP contribution in [0.15, 0.2) is 30.6 Å². The summed E-state index contributed by atoms with van der Waals surface area (Å²) in [7, 11) is -3.71. The Hall–Kier alpha value is -1.93. The number of para-hydroxylation sites is 2. The third-order valence-corrected chi connectivity index (χ3v) is 6.87. The highest BCUT2D eigenvalue weighted by Gasteiger charge is 2.53. The summed E-state index contributed by atoms with van der Waals surface area (Å²) >= 11 is 0. The third kappa shape index (κ3) is 2.72. The lowest BCUT2D eigenvalue weighted by atomic mass is 10.0. The largest absolute Gasteiger partial charge is 0.480 e. The summed E-state index contributed by atoms with van der Waals surface area (Å²) in [6, 6.07) is 7.31. The van der Waals surface area contributed by atoms with Crippen molar-refractivity contribution in [3.8, 4) is 0 Å². The van der Waals surface area contributed by atoms with Crippen LogP contribution in [0.1, 0.15) is 26.7 Å². The number of hydrogen-bond acceptors (Lipinski definition) is 4. The Labute approximate surface area is 134 Å². The second-order valence-electron chi connectivity index (χ2n) is 6.55. The minimum Gasteiger partial charge on any atom is -0.480 e. The number of aliphatic carboxylic acids is 1. The van der Waals surface area contributed by atoms with Gasteiger partial charge in [0.25, 0.3) is 0 Å². The molecule has 2 N–H and O–H groups in total. The van der Waals surface area contributed by atoms with Crippen LogP contribution in [0.4, 0.5) is 0 Å². The molecule has 1 aliphatic rings. The Morgan fingerprint density at radius 1 is 1.43 bits per heavy atom. The number of nitrogens with one attached hydrogen (secondary N) is 1. The van der Waals surface area contributed by atoms with Crippen molar-refractivity contribution in [1.82, 2.24) is 14.3 Å². The lowest BCUT2D eigenvalue weighted by Crippen LogP contribution is -2.57. The zero-order valence-electron chi connectivity index (χ0n) is 13.0. The first kappa shape index (κ1) is 15.9. The fourth-order valence-electron chi connectivity index (χ4n) is 2.49. The Kier molecular flexibility index (Phi) is 3.49. The van der Waals surface area contributed by atoms with Gasteiger partial charge in [0.05, 0.1) is 28.7 Å². The fourth-order valence-corrected chi connectivity index (χ4v) is 4.12. The molecule has 7 nitrogen and oxygen atoms in total. The summed E-state index contributed by atoms with van der Waals surface area (Å²) in [5.41, 5.74) is -0.150. The smallest absolute Gasteiger partial charge is 0.326 e. The Bertz CT molecular complexity index is 870. The second kappa shape index (κ2) is 5.04. The van der Waals surface area contributed by atoms with Crippen LogP contribution in [0.3, 0.4) is 0 Å². The molecule has 1 atom stereocenters. The molecule has 1 saturated carbocycles. The highest BCUT2D eigenvalue weighted by molar-refractivity contribution is 7.91. The topological polar surface area (TPSA) is 101 Å². The molecule has 1 aromatic heterocycles. The second-order valence-corrected chi connectivity index (χ2v) is 8.75. The van der Waals surface area contributed by atoms with Gasteiger partial charge in [0.1, 0.15) is 5.54 Å². The third-order valence-electron chi connectivity index (χ3n) is 4.45. The Morgan fingerprint density at radius 2 is 2.09 bits per heavy atom. The fraction of sp³-hybridized carbons (Fsp3) is 0.467. The van der Waals surface area contributed by atoms with E-state index in [0.717, 1.165) is 11.0 Å². The van der Waals surface area contributed by atoms with Crippen molar-refractivity contribution in [3.05, 3.63) is 30.6 Å². The Morgan fingerprint density at radius 3 is 2.70 bits per heavy atom. The highest BCUT2D eigenvalue weighted by Crippen LogP contribution is 2.42. The number of rotatable bonds is 6. The van der Waals surface area contributed by atoms with Crippen molar-refractivity contribution in [1.29, 1.82) is 0 Å². The molecule has 124 valence electrons. The molecule has 0 bridgehead atoms. The first-order valence-electron chi connectivity index (χ1n) is 7.34. The molecule has 0 radical (unpaired) electrons. The van der Waals surface area contributed by atoms with Crippen molar-refractivity contribution >= 4 is 27.0 Å². The van der Waals surface area contributed by atoms with Gasteiger partial charge in [-0.3, -0.25) is 4.79 Å². The van der Waals surface area contributed by atoms with E-state index in [1.807, 2.05) is 24.3 Å². The van der Waals surface area contributed by atoms with Crippen LogP contribution in [0.2, 0.25) is 0 Å². The molecular formula is C15H19N3O4S. The van der Waals surface area contributed by atoms with Gasteiger partial charge in [0.2, 0.25) is 10.0 Å². The molecule has 2 aromatic rings. The minimum absolute atomic E-state index is 0.0435. The van der Waals surface area contributed by atoms with Crippen LogP contribution < -0.4 is 4.72 Å². The van der Waals surface area contributed by atoms with E-state index in [1.165, 1.54) is 13.3 Å². The number of sulfonamides is 1. The summed E-state index contributed by atoms with van der Waals surface area (Å²) in [5.74, 6) is -1.22. The number of benzene rings is 1. The van der Waals surface area contributed by atoms with Gasteiger partial charge in [-0.1, -0.05) is 12.1 Å². The number of hydrogen-bond donors (Lipinski definition) is 2. The maximum atomic E-state index is 12.4. The number of aromatic nitrogens is 2. The first-order valence-corrected chi connectivity index (χ1v) is 8.82. The summed E-state index contributed by atoms with van der Waals surface area (Å²) in [6.45, 7) is 2.97. The molecule has 1 aromatic carbocycles. The van der Waals surface area contributed by atoms with Crippen molar-refractivity contribution in [2.45, 2.75) is 43.5 Å². The van der Waals surface area contributed by atoms with Crippen molar-refractivity contribution in [2.75, 3.05) is 0 Å². The summed E-state index contributed by atoms with van der Waals surface area (Å²) in [4.78, 5) is 16.0. The lowest BCUT2D eigenvalue weighted by molar-refractivity contribution is -0.143. The standard InChI is InChI=1S/C15H19N3O4S/c1-14(7-8-14)23(21,22)17-15(2,13(19)20)9-18-10-16-11-5-3-4-6-12(11)18/h3-6,10,17H,7-9H2,1-2H3,(H,19,20). The zero-order valence-corrected chi connectivity index (χ0v) is 13.8. The van der Waals surface area contributed by atoms with Gasteiger partial charge in [-0.2, -0.15) is 4.72 Å². The van der Waals surface area contributed by atoms with E-state index in [0.29, 0.717) is 12.8 Å². The summed E-state index contributed by atoms with van der Waals surface area (Å²) in [6.07, 6.45) is 2.62. The SMILES string of the molecule is CC(Cn1cnc2ccccc21)(NS(=O)(=O)C1(C)CC1)C(=O)O. The van der Waals surface area contributed by atoms with Crippen molar-refractivity contribution in [2.24, 2.45) is 0 Å². The normalized spacial score (nSPS) is 19.4. The van der Waals surface area contributed by atoms with Gasteiger partial charge >= 0.3 is 5.97 Å². The molecule has 1 aliphatic carbocycles. The Balaban J connectivity index is 1.94. The molecule has 1 heterocycles. The number of carboxylic acid groups (broad SMARTS) is 1. The van der Waals surface area contributed by atoms with Gasteiger partial charge in [-0.05, 0) is 38.8 Å². The van der Waals surface area contributed by atoms with E-state index < -0.39 is 26.3 Å². The van der Waals surface area contributed by atoms with Crippen LogP contribution in [-0.4, -0.2) is 39.3 Å². The number of carbonyl (C=O) groups is 1. The number of nitrogens with zero attached hydrogens (tertiary/aromatic N) is 2. The molecule has 0 spiro atoms. The quantitative estimate of drug-likeness (QED) is 0.828. The maximum absolute atomic E-state index is 12.4. The van der Waals surface area contributed by atoms with Gasteiger partial charge in [-0.15, -0.1) is 0 Å². The van der Waals surface area contributed by atoms with E-state index in [4.69, 9.17) is 0 Å². The molecule has 3 rings (SSSR count). The lowest BCUT2D eigenvalue weighted by Gasteiger charge is -2.28. The first-order chi connectivity index (χ1) is 10.7. The molecule has 0 amide bonds. The van der Waals surface area contributed by atoms with Crippen LogP contribution in [0.5, 0.6) is 0 Å². The predicted octanol–water partition coefficient (Wildman–Crippen LogP) is 1.35. The van der Waals surface area contributed by atoms with Crippen LogP contribution >= 0.6 is 0 Å². The van der Waals surface area contributed by atoms with Gasteiger partial charge in [-0.25, -0.2) is 13.4 Å². The predicted molar refractivity (Wildman–Crippen MR) is 85.5 cm³/mol. The molecule has 23 heavy (non-hydrogen) atoms. The monoisotopic (exact) mass is 337 g/mol. The van der Waals surface area contributed by atoms with Crippen LogP contribution in [0.25, 0.3) is 11.0 Å². The van der Waals surface area contributed by atoms with Crippen LogP contribution in [-0.2, 0) is 21.4 Å². The van der Waals surface area contributed by atoms with Gasteiger partial charge < -0.3 is 9.67 Å². The van der Waals surface area contributed by atoms with E-state index >= 15 is 0 Å². The molecule has 1 fully saturated rings. The average Bonchev–Trinajstić information content (AvgIpc) is 3.11. The minimum atomic E-state index is -3.71. The highest BCUT2D eigenvalue weighted by atomic mass is 32.2. The number of carboxylic acids is 1. The molecule has 0 aliphatic heterocycles. The molecule has 0 saturated heterocycles. The van der Waals surface area contributed by atoms with Gasteiger partial charge in [0.15, 0.2) is 0 Å².